The first-order valence-corrected chi connectivity index (χ1v) is 16.9. The third-order valence-corrected chi connectivity index (χ3v) is 9.59. The molecular formula is C34H38N3O9P. The van der Waals surface area contributed by atoms with Gasteiger partial charge in [-0.3, -0.25) is 14.1 Å². The van der Waals surface area contributed by atoms with Crippen LogP contribution in [0.1, 0.15) is 32.8 Å². The fourth-order valence-electron chi connectivity index (χ4n) is 5.74. The fraction of sp³-hybridized carbons (Fsp3) is 0.353. The van der Waals surface area contributed by atoms with Crippen LogP contribution < -0.4 is 15.3 Å². The molecule has 12 nitrogen and oxygen atoms in total. The highest BCUT2D eigenvalue weighted by Gasteiger charge is 2.57. The maximum Gasteiger partial charge on any atom is 0.459 e. The first kappa shape index (κ1) is 32.9. The van der Waals surface area contributed by atoms with E-state index < -0.39 is 56.0 Å². The summed E-state index contributed by atoms with van der Waals surface area (Å²) < 4.78 is 50.9. The molecule has 3 unspecified atom stereocenters. The lowest BCUT2D eigenvalue weighted by molar-refractivity contribution is -0.201. The van der Waals surface area contributed by atoms with E-state index in [0.717, 1.165) is 10.9 Å². The summed E-state index contributed by atoms with van der Waals surface area (Å²) in [6.07, 6.45) is 2.95. The molecule has 2 fully saturated rings. The van der Waals surface area contributed by atoms with E-state index in [-0.39, 0.29) is 13.2 Å². The van der Waals surface area contributed by atoms with Crippen molar-refractivity contribution in [3.63, 3.8) is 0 Å². The first-order chi connectivity index (χ1) is 22.5. The lowest BCUT2D eigenvalue weighted by atomic mass is 10.1. The van der Waals surface area contributed by atoms with Gasteiger partial charge in [0.05, 0.1) is 6.61 Å². The zero-order valence-electron chi connectivity index (χ0n) is 26.3. The summed E-state index contributed by atoms with van der Waals surface area (Å²) in [6, 6.07) is 21.0. The summed E-state index contributed by atoms with van der Waals surface area (Å²) in [4.78, 5) is 26.6. The summed E-state index contributed by atoms with van der Waals surface area (Å²) in [5.74, 6) is -1.81. The number of rotatable bonds is 12. The quantitative estimate of drug-likeness (QED) is 0.201. The van der Waals surface area contributed by atoms with Crippen LogP contribution in [0.4, 0.5) is 0 Å². The van der Waals surface area contributed by atoms with Crippen LogP contribution in [0.15, 0.2) is 96.8 Å². The topological polar surface area (TPSA) is 148 Å². The van der Waals surface area contributed by atoms with E-state index in [2.05, 4.69) is 5.09 Å². The van der Waals surface area contributed by atoms with Crippen LogP contribution in [0.2, 0.25) is 0 Å². The van der Waals surface area contributed by atoms with Crippen LogP contribution in [0.5, 0.6) is 5.75 Å². The molecular weight excluding hydrogens is 625 g/mol. The van der Waals surface area contributed by atoms with E-state index in [1.165, 1.54) is 6.92 Å². The molecule has 13 heteroatoms. The van der Waals surface area contributed by atoms with Crippen molar-refractivity contribution in [1.82, 2.24) is 9.99 Å². The third-order valence-electron chi connectivity index (χ3n) is 7.96. The number of amides is 1. The lowest BCUT2D eigenvalue weighted by Gasteiger charge is -2.31. The Hall–Kier alpha value is -4.03. The maximum absolute atomic E-state index is 14.5. The van der Waals surface area contributed by atoms with E-state index in [1.807, 2.05) is 60.7 Å². The number of carbonyl (C=O) groups is 2. The molecule has 3 aromatic rings. The van der Waals surface area contributed by atoms with Crippen molar-refractivity contribution in [1.29, 1.82) is 0 Å². The number of primary amides is 1. The van der Waals surface area contributed by atoms with E-state index in [0.29, 0.717) is 23.1 Å². The van der Waals surface area contributed by atoms with Crippen LogP contribution in [-0.2, 0) is 44.2 Å². The van der Waals surface area contributed by atoms with Gasteiger partial charge in [-0.25, -0.2) is 4.57 Å². The fourth-order valence-corrected chi connectivity index (χ4v) is 7.26. The van der Waals surface area contributed by atoms with Gasteiger partial charge in [0.15, 0.2) is 12.0 Å². The van der Waals surface area contributed by atoms with Crippen molar-refractivity contribution in [2.24, 2.45) is 5.73 Å². The number of esters is 1. The van der Waals surface area contributed by atoms with Gasteiger partial charge in [0, 0.05) is 23.4 Å². The normalized spacial score (nSPS) is 25.1. The molecule has 3 aromatic carbocycles. The average molecular weight is 664 g/mol. The Labute approximate surface area is 273 Å². The summed E-state index contributed by atoms with van der Waals surface area (Å²) in [5.41, 5.74) is 6.76. The van der Waals surface area contributed by atoms with Crippen molar-refractivity contribution in [2.75, 3.05) is 6.61 Å². The Kier molecular flexibility index (Phi) is 9.52. The van der Waals surface area contributed by atoms with Crippen molar-refractivity contribution in [3.8, 4) is 5.75 Å². The van der Waals surface area contributed by atoms with E-state index in [1.54, 1.807) is 49.4 Å². The highest BCUT2D eigenvalue weighted by molar-refractivity contribution is 7.52. The van der Waals surface area contributed by atoms with E-state index in [9.17, 15) is 14.2 Å². The molecule has 3 aliphatic rings. The molecule has 0 aliphatic carbocycles. The summed E-state index contributed by atoms with van der Waals surface area (Å²) in [6.45, 7) is 4.90. The van der Waals surface area contributed by atoms with Crippen molar-refractivity contribution < 1.29 is 42.1 Å². The number of nitrogens with one attached hydrogen (secondary N) is 1. The standard InChI is InChI=1S/C34H38N3O9P/c1-22(33(39)41-20-23-11-5-4-6-12-23)36-47(40,46-27-17-9-14-24-13-7-8-16-26(24)27)42-21-28-29-30(45-34(2,3)44-29)32(43-28)37-18-10-15-25(19-37)31(35)38/h4-14,16-19,22,28-30,32H,15,20-21H2,1-3H3,(H2,35,38)(H,36,40)/t22?,28?,29-,30-,32-,47?/m1/s1. The number of nitrogens with zero attached hydrogens (tertiary/aromatic N) is 1. The Balaban J connectivity index is 1.22. The van der Waals surface area contributed by atoms with Gasteiger partial charge in [0.25, 0.3) is 0 Å². The zero-order chi connectivity index (χ0) is 33.2. The van der Waals surface area contributed by atoms with Gasteiger partial charge >= 0.3 is 13.7 Å². The molecule has 0 saturated carbocycles. The predicted octanol–water partition coefficient (Wildman–Crippen LogP) is 4.90. The van der Waals surface area contributed by atoms with Crippen LogP contribution in [-0.4, -0.2) is 59.8 Å². The second-order valence-electron chi connectivity index (χ2n) is 12.0. The van der Waals surface area contributed by atoms with Crippen LogP contribution in [0.25, 0.3) is 10.8 Å². The molecule has 0 spiro atoms. The largest absolute Gasteiger partial charge is 0.460 e. The minimum absolute atomic E-state index is 0.0470. The van der Waals surface area contributed by atoms with Gasteiger partial charge in [-0.05, 0) is 44.2 Å². The molecule has 6 atom stereocenters. The van der Waals surface area contributed by atoms with Crippen LogP contribution in [0, 0.1) is 0 Å². The maximum atomic E-state index is 14.5. The lowest BCUT2D eigenvalue weighted by Crippen LogP contribution is -2.40. The molecule has 3 N–H and O–H groups in total. The summed E-state index contributed by atoms with van der Waals surface area (Å²) in [7, 11) is -4.28. The molecule has 2 saturated heterocycles. The van der Waals surface area contributed by atoms with Gasteiger partial charge in [-0.1, -0.05) is 72.8 Å². The minimum atomic E-state index is -4.28. The van der Waals surface area contributed by atoms with Crippen LogP contribution >= 0.6 is 7.75 Å². The van der Waals surface area contributed by atoms with Gasteiger partial charge in [0.2, 0.25) is 5.91 Å². The van der Waals surface area contributed by atoms with E-state index >= 15 is 0 Å². The highest BCUT2D eigenvalue weighted by atomic mass is 31.2. The van der Waals surface area contributed by atoms with Crippen molar-refractivity contribution in [3.05, 3.63) is 102 Å². The Morgan fingerprint density at radius 3 is 2.55 bits per heavy atom. The van der Waals surface area contributed by atoms with Gasteiger partial charge < -0.3 is 34.1 Å². The Morgan fingerprint density at radius 2 is 1.77 bits per heavy atom. The van der Waals surface area contributed by atoms with Crippen LogP contribution in [0.3, 0.4) is 0 Å². The van der Waals surface area contributed by atoms with E-state index in [4.69, 9.17) is 33.7 Å². The second kappa shape index (κ2) is 13.6. The second-order valence-corrected chi connectivity index (χ2v) is 13.7. The Morgan fingerprint density at radius 1 is 1.04 bits per heavy atom. The molecule has 248 valence electrons. The summed E-state index contributed by atoms with van der Waals surface area (Å²) in [5, 5.41) is 4.34. The number of benzene rings is 3. The molecule has 6 rings (SSSR count). The molecule has 0 radical (unpaired) electrons. The number of fused-ring (bicyclic) bond motifs is 2. The Bertz CT molecular complexity index is 1720. The third kappa shape index (κ3) is 7.59. The number of allylic oxidation sites excluding steroid dienone is 1. The first-order valence-electron chi connectivity index (χ1n) is 15.4. The van der Waals surface area contributed by atoms with Crippen molar-refractivity contribution >= 4 is 30.4 Å². The molecule has 0 bridgehead atoms. The summed E-state index contributed by atoms with van der Waals surface area (Å²) >= 11 is 0. The smallest absolute Gasteiger partial charge is 0.459 e. The van der Waals surface area contributed by atoms with Gasteiger partial charge in [0.1, 0.15) is 36.7 Å². The zero-order valence-corrected chi connectivity index (χ0v) is 27.2. The number of hydrogen-bond donors (Lipinski definition) is 2. The predicted molar refractivity (Wildman–Crippen MR) is 172 cm³/mol. The molecule has 47 heavy (non-hydrogen) atoms. The average Bonchev–Trinajstić information content (AvgIpc) is 3.56. The number of nitrogens with two attached hydrogens (primary N) is 1. The number of carbonyl (C=O) groups excluding carboxylic acids is 2. The van der Waals surface area contributed by atoms with Gasteiger partial charge in [-0.15, -0.1) is 0 Å². The molecule has 3 aliphatic heterocycles. The number of ether oxygens (including phenoxy) is 4. The highest BCUT2D eigenvalue weighted by Crippen LogP contribution is 2.48. The molecule has 3 heterocycles. The number of hydrogen-bond acceptors (Lipinski definition) is 10. The van der Waals surface area contributed by atoms with Gasteiger partial charge in [-0.2, -0.15) is 5.09 Å². The minimum Gasteiger partial charge on any atom is -0.460 e. The monoisotopic (exact) mass is 663 g/mol. The molecule has 0 aromatic heterocycles. The van der Waals surface area contributed by atoms with Crippen molar-refractivity contribution in [2.45, 2.75) is 70.2 Å². The SMILES string of the molecule is CC(NP(=O)(OCC1O[C@@H](N2C=CCC(C(N)=O)=C2)[C@@H]2OC(C)(C)O[C@H]12)Oc1cccc2ccccc12)C(=O)OCc1ccccc1. The molecule has 1 amide bonds.